The lowest BCUT2D eigenvalue weighted by atomic mass is 9.88. The summed E-state index contributed by atoms with van der Waals surface area (Å²) in [5, 5.41) is 5.96. The number of nitrogens with one attached hydrogen (secondary N) is 2. The standard InChI is InChI=1S/C27H35N3O4/c1-18(2)17-28-26(32)24(29-25(31)23-8-6-5-7-19(23)3)20-13-15-30(16-14-20)27(33)21-9-11-22(34-4)12-10-21/h5-12,18,20,24H,13-17H2,1-4H3,(H,28,32)(H,29,31)/t24-/m0/s1. The van der Waals surface area contributed by atoms with Crippen LogP contribution in [0.2, 0.25) is 0 Å². The Balaban J connectivity index is 1.68. The van der Waals surface area contributed by atoms with E-state index in [2.05, 4.69) is 10.6 Å². The first-order valence-corrected chi connectivity index (χ1v) is 11.9. The zero-order valence-electron chi connectivity index (χ0n) is 20.5. The van der Waals surface area contributed by atoms with Gasteiger partial charge in [-0.3, -0.25) is 14.4 Å². The van der Waals surface area contributed by atoms with Gasteiger partial charge in [0, 0.05) is 30.8 Å². The number of aryl methyl sites for hydroxylation is 1. The van der Waals surface area contributed by atoms with Crippen molar-refractivity contribution in [1.82, 2.24) is 15.5 Å². The van der Waals surface area contributed by atoms with E-state index < -0.39 is 6.04 Å². The zero-order valence-corrected chi connectivity index (χ0v) is 20.5. The number of amides is 3. The fraction of sp³-hybridized carbons (Fsp3) is 0.444. The molecule has 182 valence electrons. The van der Waals surface area contributed by atoms with Crippen molar-refractivity contribution < 1.29 is 19.1 Å². The van der Waals surface area contributed by atoms with Gasteiger partial charge in [-0.25, -0.2) is 0 Å². The second kappa shape index (κ2) is 11.7. The van der Waals surface area contributed by atoms with Gasteiger partial charge in [0.15, 0.2) is 0 Å². The fourth-order valence-corrected chi connectivity index (χ4v) is 4.21. The van der Waals surface area contributed by atoms with Crippen molar-refractivity contribution >= 4 is 17.7 Å². The molecular formula is C27H35N3O4. The van der Waals surface area contributed by atoms with Crippen molar-refractivity contribution in [3.63, 3.8) is 0 Å². The summed E-state index contributed by atoms with van der Waals surface area (Å²) >= 11 is 0. The van der Waals surface area contributed by atoms with Crippen molar-refractivity contribution in [3.8, 4) is 5.75 Å². The SMILES string of the molecule is COc1ccc(C(=O)N2CCC([C@H](NC(=O)c3ccccc3C)C(=O)NCC(C)C)CC2)cc1. The summed E-state index contributed by atoms with van der Waals surface area (Å²) in [7, 11) is 1.59. The Morgan fingerprint density at radius 1 is 1.03 bits per heavy atom. The number of methoxy groups -OCH3 is 1. The van der Waals surface area contributed by atoms with E-state index >= 15 is 0 Å². The number of rotatable bonds is 8. The highest BCUT2D eigenvalue weighted by Gasteiger charge is 2.34. The molecule has 1 saturated heterocycles. The molecule has 0 saturated carbocycles. The highest BCUT2D eigenvalue weighted by Crippen LogP contribution is 2.24. The molecule has 1 atom stereocenters. The van der Waals surface area contributed by atoms with Gasteiger partial charge in [-0.1, -0.05) is 32.0 Å². The lowest BCUT2D eigenvalue weighted by Gasteiger charge is -2.36. The minimum Gasteiger partial charge on any atom is -0.497 e. The number of ether oxygens (including phenoxy) is 1. The molecule has 0 radical (unpaired) electrons. The van der Waals surface area contributed by atoms with Crippen LogP contribution in [0.3, 0.4) is 0 Å². The van der Waals surface area contributed by atoms with E-state index in [9.17, 15) is 14.4 Å². The number of nitrogens with zero attached hydrogens (tertiary/aromatic N) is 1. The van der Waals surface area contributed by atoms with Crippen LogP contribution in [0.4, 0.5) is 0 Å². The van der Waals surface area contributed by atoms with Gasteiger partial charge >= 0.3 is 0 Å². The molecule has 2 N–H and O–H groups in total. The first kappa shape index (κ1) is 25.3. The first-order chi connectivity index (χ1) is 16.3. The molecule has 7 heteroatoms. The smallest absolute Gasteiger partial charge is 0.253 e. The summed E-state index contributed by atoms with van der Waals surface area (Å²) in [4.78, 5) is 40.8. The Morgan fingerprint density at radius 2 is 1.68 bits per heavy atom. The largest absolute Gasteiger partial charge is 0.497 e. The number of carbonyl (C=O) groups is 3. The van der Waals surface area contributed by atoms with Crippen LogP contribution in [0.5, 0.6) is 5.75 Å². The highest BCUT2D eigenvalue weighted by atomic mass is 16.5. The molecule has 0 bridgehead atoms. The molecule has 1 fully saturated rings. The van der Waals surface area contributed by atoms with Crippen LogP contribution in [-0.2, 0) is 4.79 Å². The fourth-order valence-electron chi connectivity index (χ4n) is 4.21. The zero-order chi connectivity index (χ0) is 24.7. The van der Waals surface area contributed by atoms with Crippen LogP contribution in [0, 0.1) is 18.8 Å². The van der Waals surface area contributed by atoms with Gasteiger partial charge in [-0.15, -0.1) is 0 Å². The summed E-state index contributed by atoms with van der Waals surface area (Å²) in [5.74, 6) is 0.497. The summed E-state index contributed by atoms with van der Waals surface area (Å²) in [6.07, 6.45) is 1.27. The molecule has 0 aromatic heterocycles. The number of hydrogen-bond acceptors (Lipinski definition) is 4. The van der Waals surface area contributed by atoms with Gasteiger partial charge in [0.25, 0.3) is 11.8 Å². The third kappa shape index (κ3) is 6.37. The van der Waals surface area contributed by atoms with Crippen LogP contribution in [0.15, 0.2) is 48.5 Å². The van der Waals surface area contributed by atoms with Crippen molar-refractivity contribution in [3.05, 3.63) is 65.2 Å². The Kier molecular flexibility index (Phi) is 8.68. The molecular weight excluding hydrogens is 430 g/mol. The second-order valence-corrected chi connectivity index (χ2v) is 9.26. The minimum absolute atomic E-state index is 0.0362. The molecule has 3 rings (SSSR count). The lowest BCUT2D eigenvalue weighted by Crippen LogP contribution is -2.54. The van der Waals surface area contributed by atoms with Crippen molar-refractivity contribution in [1.29, 1.82) is 0 Å². The van der Waals surface area contributed by atoms with Crippen LogP contribution in [0.1, 0.15) is 53.0 Å². The number of carbonyl (C=O) groups excluding carboxylic acids is 3. The number of piperidine rings is 1. The molecule has 1 aliphatic rings. The highest BCUT2D eigenvalue weighted by molar-refractivity contribution is 5.98. The molecule has 7 nitrogen and oxygen atoms in total. The van der Waals surface area contributed by atoms with Gasteiger partial charge in [0.05, 0.1) is 7.11 Å². The van der Waals surface area contributed by atoms with Gasteiger partial charge < -0.3 is 20.3 Å². The summed E-state index contributed by atoms with van der Waals surface area (Å²) in [6, 6.07) is 13.8. The van der Waals surface area contributed by atoms with E-state index in [4.69, 9.17) is 4.74 Å². The van der Waals surface area contributed by atoms with Gasteiger partial charge in [0.1, 0.15) is 11.8 Å². The maximum absolute atomic E-state index is 13.1. The maximum Gasteiger partial charge on any atom is 0.253 e. The average molecular weight is 466 g/mol. The van der Waals surface area contributed by atoms with E-state index in [0.29, 0.717) is 55.3 Å². The summed E-state index contributed by atoms with van der Waals surface area (Å²) in [6.45, 7) is 7.55. The molecule has 0 unspecified atom stereocenters. The molecule has 2 aromatic rings. The lowest BCUT2D eigenvalue weighted by molar-refractivity contribution is -0.124. The topological polar surface area (TPSA) is 87.7 Å². The number of benzene rings is 2. The molecule has 34 heavy (non-hydrogen) atoms. The van der Waals surface area contributed by atoms with Crippen molar-refractivity contribution in [2.24, 2.45) is 11.8 Å². The molecule has 3 amide bonds. The predicted molar refractivity (Wildman–Crippen MR) is 132 cm³/mol. The number of hydrogen-bond donors (Lipinski definition) is 2. The average Bonchev–Trinajstić information content (AvgIpc) is 2.85. The van der Waals surface area contributed by atoms with Crippen molar-refractivity contribution in [2.75, 3.05) is 26.7 Å². The van der Waals surface area contributed by atoms with Crippen LogP contribution in [-0.4, -0.2) is 55.4 Å². The predicted octanol–water partition coefficient (Wildman–Crippen LogP) is 3.43. The first-order valence-electron chi connectivity index (χ1n) is 11.9. The monoisotopic (exact) mass is 465 g/mol. The van der Waals surface area contributed by atoms with E-state index in [1.165, 1.54) is 0 Å². The van der Waals surface area contributed by atoms with Crippen molar-refractivity contribution in [2.45, 2.75) is 39.7 Å². The van der Waals surface area contributed by atoms with Crippen LogP contribution < -0.4 is 15.4 Å². The third-order valence-corrected chi connectivity index (χ3v) is 6.28. The van der Waals surface area contributed by atoms with Gasteiger partial charge in [0.2, 0.25) is 5.91 Å². The van der Waals surface area contributed by atoms with Gasteiger partial charge in [-0.05, 0) is 67.5 Å². The second-order valence-electron chi connectivity index (χ2n) is 9.26. The number of likely N-dealkylation sites (tertiary alicyclic amines) is 1. The Bertz CT molecular complexity index is 995. The van der Waals surface area contributed by atoms with Crippen LogP contribution in [0.25, 0.3) is 0 Å². The summed E-state index contributed by atoms with van der Waals surface area (Å²) in [5.41, 5.74) is 2.04. The summed E-state index contributed by atoms with van der Waals surface area (Å²) < 4.78 is 5.17. The molecule has 2 aromatic carbocycles. The van der Waals surface area contributed by atoms with E-state index in [1.807, 2.05) is 43.9 Å². The maximum atomic E-state index is 13.1. The van der Waals surface area contributed by atoms with Gasteiger partial charge in [-0.2, -0.15) is 0 Å². The molecule has 0 spiro atoms. The van der Waals surface area contributed by atoms with Crippen LogP contribution >= 0.6 is 0 Å². The quantitative estimate of drug-likeness (QED) is 0.625. The Labute approximate surface area is 201 Å². The van der Waals surface area contributed by atoms with E-state index in [-0.39, 0.29) is 23.6 Å². The Hall–Kier alpha value is -3.35. The molecule has 0 aliphatic carbocycles. The van der Waals surface area contributed by atoms with E-state index in [0.717, 1.165) is 5.56 Å². The Morgan fingerprint density at radius 3 is 2.26 bits per heavy atom. The molecule has 1 heterocycles. The normalized spacial score (nSPS) is 15.0. The third-order valence-electron chi connectivity index (χ3n) is 6.28. The minimum atomic E-state index is -0.649. The molecule has 1 aliphatic heterocycles. The van der Waals surface area contributed by atoms with E-state index in [1.54, 1.807) is 37.4 Å².